The van der Waals surface area contributed by atoms with Crippen LogP contribution in [0.1, 0.15) is 49.6 Å². The zero-order chi connectivity index (χ0) is 24.1. The molecule has 0 atom stereocenters. The fraction of sp³-hybridized carbons (Fsp3) is 0.269. The van der Waals surface area contributed by atoms with Gasteiger partial charge in [0.05, 0.1) is 18.4 Å². The van der Waals surface area contributed by atoms with E-state index in [2.05, 4.69) is 10.6 Å². The maximum Gasteiger partial charge on any atom is 0.341 e. The molecular weight excluding hydrogens is 468 g/mol. The van der Waals surface area contributed by atoms with Crippen LogP contribution < -0.4 is 10.6 Å². The predicted octanol–water partition coefficient (Wildman–Crippen LogP) is 5.71. The second-order valence-electron chi connectivity index (χ2n) is 8.04. The van der Waals surface area contributed by atoms with Crippen LogP contribution >= 0.6 is 23.1 Å². The van der Waals surface area contributed by atoms with E-state index < -0.39 is 5.97 Å². The minimum Gasteiger partial charge on any atom is -0.465 e. The number of hydrogen-bond acceptors (Lipinski definition) is 6. The number of methoxy groups -OCH3 is 1. The number of aryl methyl sites for hydroxylation is 2. The SMILES string of the molecule is COC(=O)c1c(NC(=O)CSc2cccc(NC(=O)c3ccccc3C)c2)sc2c1CCCC2. The van der Waals surface area contributed by atoms with Crippen LogP contribution in [0.2, 0.25) is 0 Å². The van der Waals surface area contributed by atoms with Crippen LogP contribution in [0.4, 0.5) is 10.7 Å². The van der Waals surface area contributed by atoms with Gasteiger partial charge in [-0.15, -0.1) is 23.1 Å². The summed E-state index contributed by atoms with van der Waals surface area (Å²) in [5, 5.41) is 6.41. The lowest BCUT2D eigenvalue weighted by Crippen LogP contribution is -2.16. The number of rotatable bonds is 7. The zero-order valence-corrected chi connectivity index (χ0v) is 20.7. The summed E-state index contributed by atoms with van der Waals surface area (Å²) in [6.45, 7) is 1.90. The van der Waals surface area contributed by atoms with Crippen LogP contribution in [0.3, 0.4) is 0 Å². The molecule has 1 aliphatic carbocycles. The number of anilines is 2. The summed E-state index contributed by atoms with van der Waals surface area (Å²) in [5.74, 6) is -0.587. The van der Waals surface area contributed by atoms with Gasteiger partial charge in [0.2, 0.25) is 5.91 Å². The molecule has 8 heteroatoms. The van der Waals surface area contributed by atoms with E-state index in [1.807, 2.05) is 49.4 Å². The maximum absolute atomic E-state index is 12.7. The Morgan fingerprint density at radius 2 is 1.82 bits per heavy atom. The molecule has 34 heavy (non-hydrogen) atoms. The number of hydrogen-bond donors (Lipinski definition) is 2. The molecule has 2 aromatic carbocycles. The standard InChI is InChI=1S/C26H26N2O4S2/c1-16-8-3-4-11-19(16)24(30)27-17-9-7-10-18(14-17)33-15-22(29)28-25-23(26(31)32-2)20-12-5-6-13-21(20)34-25/h3-4,7-11,14H,5-6,12-13,15H2,1-2H3,(H,27,30)(H,28,29). The van der Waals surface area contributed by atoms with Crippen molar-refractivity contribution < 1.29 is 19.1 Å². The normalized spacial score (nSPS) is 12.5. The van der Waals surface area contributed by atoms with E-state index in [4.69, 9.17) is 4.74 Å². The van der Waals surface area contributed by atoms with Gasteiger partial charge in [-0.25, -0.2) is 4.79 Å². The summed E-state index contributed by atoms with van der Waals surface area (Å²) in [4.78, 5) is 39.7. The van der Waals surface area contributed by atoms with Crippen molar-refractivity contribution in [2.75, 3.05) is 23.5 Å². The van der Waals surface area contributed by atoms with Crippen LogP contribution in [0, 0.1) is 6.92 Å². The second-order valence-corrected chi connectivity index (χ2v) is 10.2. The second kappa shape index (κ2) is 10.9. The molecule has 4 rings (SSSR count). The van der Waals surface area contributed by atoms with Crippen molar-refractivity contribution in [3.8, 4) is 0 Å². The van der Waals surface area contributed by atoms with E-state index in [1.165, 1.54) is 30.2 Å². The molecule has 3 aromatic rings. The first kappa shape index (κ1) is 24.0. The van der Waals surface area contributed by atoms with E-state index >= 15 is 0 Å². The Bertz CT molecular complexity index is 1240. The largest absolute Gasteiger partial charge is 0.465 e. The van der Waals surface area contributed by atoms with Crippen molar-refractivity contribution in [3.63, 3.8) is 0 Å². The molecule has 1 aromatic heterocycles. The Hall–Kier alpha value is -3.10. The molecule has 0 saturated heterocycles. The topological polar surface area (TPSA) is 84.5 Å². The van der Waals surface area contributed by atoms with Gasteiger partial charge in [-0.3, -0.25) is 9.59 Å². The Morgan fingerprint density at radius 1 is 1.03 bits per heavy atom. The molecular formula is C26H26N2O4S2. The Kier molecular flexibility index (Phi) is 7.70. The summed E-state index contributed by atoms with van der Waals surface area (Å²) in [6, 6.07) is 14.8. The van der Waals surface area contributed by atoms with E-state index in [-0.39, 0.29) is 17.6 Å². The van der Waals surface area contributed by atoms with Crippen molar-refractivity contribution in [1.29, 1.82) is 0 Å². The molecule has 0 unspecified atom stereocenters. The highest BCUT2D eigenvalue weighted by Gasteiger charge is 2.26. The highest BCUT2D eigenvalue weighted by Crippen LogP contribution is 2.38. The Labute approximate surface area is 207 Å². The number of benzene rings is 2. The lowest BCUT2D eigenvalue weighted by Gasteiger charge is -2.11. The molecule has 0 fully saturated rings. The van der Waals surface area contributed by atoms with Gasteiger partial charge in [0.15, 0.2) is 0 Å². The lowest BCUT2D eigenvalue weighted by molar-refractivity contribution is -0.113. The third-order valence-corrected chi connectivity index (χ3v) is 7.87. The highest BCUT2D eigenvalue weighted by atomic mass is 32.2. The summed E-state index contributed by atoms with van der Waals surface area (Å²) >= 11 is 2.84. The third-order valence-electron chi connectivity index (χ3n) is 5.67. The number of esters is 1. The van der Waals surface area contributed by atoms with Crippen LogP contribution in [-0.2, 0) is 22.4 Å². The minimum atomic E-state index is -0.403. The van der Waals surface area contributed by atoms with Gasteiger partial charge in [-0.2, -0.15) is 0 Å². The number of carbonyl (C=O) groups excluding carboxylic acids is 3. The maximum atomic E-state index is 12.7. The first-order chi connectivity index (χ1) is 16.5. The zero-order valence-electron chi connectivity index (χ0n) is 19.1. The van der Waals surface area contributed by atoms with Crippen molar-refractivity contribution in [1.82, 2.24) is 0 Å². The number of thiophene rings is 1. The molecule has 0 aliphatic heterocycles. The van der Waals surface area contributed by atoms with Crippen LogP contribution in [0.5, 0.6) is 0 Å². The molecule has 2 N–H and O–H groups in total. The smallest absolute Gasteiger partial charge is 0.341 e. The molecule has 0 spiro atoms. The molecule has 176 valence electrons. The number of thioether (sulfide) groups is 1. The third kappa shape index (κ3) is 5.51. The van der Waals surface area contributed by atoms with Gasteiger partial charge in [-0.05, 0) is 68.0 Å². The Balaban J connectivity index is 1.39. The van der Waals surface area contributed by atoms with Crippen molar-refractivity contribution >= 4 is 51.6 Å². The van der Waals surface area contributed by atoms with Crippen molar-refractivity contribution in [3.05, 3.63) is 75.7 Å². The molecule has 2 amide bonds. The van der Waals surface area contributed by atoms with Gasteiger partial charge in [0.1, 0.15) is 5.00 Å². The lowest BCUT2D eigenvalue weighted by atomic mass is 9.95. The average molecular weight is 495 g/mol. The van der Waals surface area contributed by atoms with E-state index in [9.17, 15) is 14.4 Å². The van der Waals surface area contributed by atoms with E-state index in [0.29, 0.717) is 21.8 Å². The number of ether oxygens (including phenoxy) is 1. The molecule has 0 radical (unpaired) electrons. The van der Waals surface area contributed by atoms with Gasteiger partial charge in [0.25, 0.3) is 5.91 Å². The van der Waals surface area contributed by atoms with Crippen LogP contribution in [-0.4, -0.2) is 30.6 Å². The van der Waals surface area contributed by atoms with Crippen molar-refractivity contribution in [2.45, 2.75) is 37.5 Å². The van der Waals surface area contributed by atoms with Gasteiger partial charge in [-0.1, -0.05) is 24.3 Å². The number of fused-ring (bicyclic) bond motifs is 1. The van der Waals surface area contributed by atoms with E-state index in [0.717, 1.165) is 46.6 Å². The minimum absolute atomic E-state index is 0.171. The fourth-order valence-corrected chi connectivity index (χ4v) is 6.02. The number of amides is 2. The van der Waals surface area contributed by atoms with Gasteiger partial charge in [0, 0.05) is 21.0 Å². The van der Waals surface area contributed by atoms with Gasteiger partial charge >= 0.3 is 5.97 Å². The van der Waals surface area contributed by atoms with Crippen LogP contribution in [0.15, 0.2) is 53.4 Å². The first-order valence-corrected chi connectivity index (χ1v) is 12.9. The molecule has 6 nitrogen and oxygen atoms in total. The van der Waals surface area contributed by atoms with Crippen LogP contribution in [0.25, 0.3) is 0 Å². The monoisotopic (exact) mass is 494 g/mol. The predicted molar refractivity (Wildman–Crippen MR) is 137 cm³/mol. The van der Waals surface area contributed by atoms with Crippen molar-refractivity contribution in [2.24, 2.45) is 0 Å². The summed E-state index contributed by atoms with van der Waals surface area (Å²) in [6.07, 6.45) is 3.89. The quantitative estimate of drug-likeness (QED) is 0.325. The van der Waals surface area contributed by atoms with E-state index in [1.54, 1.807) is 6.07 Å². The van der Waals surface area contributed by atoms with Gasteiger partial charge < -0.3 is 15.4 Å². The molecule has 0 bridgehead atoms. The molecule has 1 aliphatic rings. The average Bonchev–Trinajstić information content (AvgIpc) is 3.20. The molecule has 0 saturated carbocycles. The summed E-state index contributed by atoms with van der Waals surface area (Å²) < 4.78 is 4.97. The summed E-state index contributed by atoms with van der Waals surface area (Å²) in [7, 11) is 1.36. The fourth-order valence-electron chi connectivity index (χ4n) is 3.97. The number of carbonyl (C=O) groups is 3. The highest BCUT2D eigenvalue weighted by molar-refractivity contribution is 8.00. The Morgan fingerprint density at radius 3 is 2.62 bits per heavy atom. The first-order valence-electron chi connectivity index (χ1n) is 11.1. The number of nitrogens with one attached hydrogen (secondary N) is 2. The molecule has 1 heterocycles. The summed E-state index contributed by atoms with van der Waals surface area (Å²) in [5.41, 5.74) is 3.71.